The minimum absolute atomic E-state index is 0.516. The molecule has 1 unspecified atom stereocenters. The van der Waals surface area contributed by atoms with E-state index in [1.54, 1.807) is 6.07 Å². The lowest BCUT2D eigenvalue weighted by Crippen LogP contribution is -2.11. The maximum atomic E-state index is 10.5. The largest absolute Gasteiger partial charge is 0.490 e. The number of ether oxygens (including phenoxy) is 2. The molecule has 1 aromatic carbocycles. The van der Waals surface area contributed by atoms with Crippen LogP contribution in [0.1, 0.15) is 56.6 Å². The van der Waals surface area contributed by atoms with Crippen molar-refractivity contribution in [2.45, 2.75) is 51.0 Å². The molecular weight excluding hydrogens is 288 g/mol. The molecule has 1 N–H and O–H groups in total. The number of aliphatic hydroxyl groups excluding tert-OH is 1. The van der Waals surface area contributed by atoms with E-state index in [4.69, 9.17) is 21.1 Å². The lowest BCUT2D eigenvalue weighted by atomic mass is 9.84. The van der Waals surface area contributed by atoms with E-state index >= 15 is 0 Å². The summed E-state index contributed by atoms with van der Waals surface area (Å²) in [4.78, 5) is 0. The maximum Gasteiger partial charge on any atom is 0.162 e. The first kappa shape index (κ1) is 15.0. The molecule has 0 aromatic heterocycles. The Morgan fingerprint density at radius 3 is 2.43 bits per heavy atom. The standard InChI is InChI=1S/C17H23ClO3/c18-14-11-17-16(20-7-4-8-21-17)10-13(14)15(19)9-12-5-2-1-3-6-12/h10-12,15,19H,1-9H2. The summed E-state index contributed by atoms with van der Waals surface area (Å²) in [5.74, 6) is 2.00. The van der Waals surface area contributed by atoms with Gasteiger partial charge in [-0.25, -0.2) is 0 Å². The van der Waals surface area contributed by atoms with Crippen LogP contribution in [0.4, 0.5) is 0 Å². The first-order chi connectivity index (χ1) is 10.2. The quantitative estimate of drug-likeness (QED) is 0.893. The third-order valence-electron chi connectivity index (χ3n) is 4.51. The Morgan fingerprint density at radius 2 is 1.71 bits per heavy atom. The Morgan fingerprint density at radius 1 is 1.05 bits per heavy atom. The zero-order valence-electron chi connectivity index (χ0n) is 12.3. The lowest BCUT2D eigenvalue weighted by molar-refractivity contribution is 0.131. The molecule has 1 atom stereocenters. The van der Waals surface area contributed by atoms with Gasteiger partial charge in [-0.3, -0.25) is 0 Å². The van der Waals surface area contributed by atoms with Crippen molar-refractivity contribution in [3.63, 3.8) is 0 Å². The van der Waals surface area contributed by atoms with Crippen molar-refractivity contribution in [1.29, 1.82) is 0 Å². The van der Waals surface area contributed by atoms with Crippen molar-refractivity contribution in [2.75, 3.05) is 13.2 Å². The summed E-state index contributed by atoms with van der Waals surface area (Å²) in [6.07, 6.45) is 7.48. The van der Waals surface area contributed by atoms with Gasteiger partial charge in [-0.1, -0.05) is 43.7 Å². The molecule has 1 saturated carbocycles. The van der Waals surface area contributed by atoms with Gasteiger partial charge in [-0.2, -0.15) is 0 Å². The molecule has 1 fully saturated rings. The topological polar surface area (TPSA) is 38.7 Å². The Bertz CT molecular complexity index is 483. The molecular formula is C17H23ClO3. The highest BCUT2D eigenvalue weighted by molar-refractivity contribution is 6.31. The number of hydrogen-bond donors (Lipinski definition) is 1. The van der Waals surface area contributed by atoms with Crippen LogP contribution in [0.5, 0.6) is 11.5 Å². The summed E-state index contributed by atoms with van der Waals surface area (Å²) in [5.41, 5.74) is 0.770. The summed E-state index contributed by atoms with van der Waals surface area (Å²) >= 11 is 6.33. The summed E-state index contributed by atoms with van der Waals surface area (Å²) < 4.78 is 11.3. The molecule has 4 heteroatoms. The van der Waals surface area contributed by atoms with Gasteiger partial charge < -0.3 is 14.6 Å². The average Bonchev–Trinajstić information content (AvgIpc) is 2.72. The van der Waals surface area contributed by atoms with Crippen LogP contribution in [0.25, 0.3) is 0 Å². The van der Waals surface area contributed by atoms with Gasteiger partial charge in [0.2, 0.25) is 0 Å². The van der Waals surface area contributed by atoms with Crippen LogP contribution in [0.3, 0.4) is 0 Å². The van der Waals surface area contributed by atoms with Gasteiger partial charge in [0.1, 0.15) is 0 Å². The number of fused-ring (bicyclic) bond motifs is 1. The molecule has 3 rings (SSSR count). The Hall–Kier alpha value is -0.930. The lowest BCUT2D eigenvalue weighted by Gasteiger charge is -2.25. The van der Waals surface area contributed by atoms with Crippen molar-refractivity contribution in [1.82, 2.24) is 0 Å². The fourth-order valence-electron chi connectivity index (χ4n) is 3.32. The second-order valence-electron chi connectivity index (χ2n) is 6.13. The van der Waals surface area contributed by atoms with Gasteiger partial charge >= 0.3 is 0 Å². The highest BCUT2D eigenvalue weighted by Crippen LogP contribution is 2.40. The van der Waals surface area contributed by atoms with E-state index in [9.17, 15) is 5.11 Å². The summed E-state index contributed by atoms with van der Waals surface area (Å²) in [6.45, 7) is 1.29. The van der Waals surface area contributed by atoms with Gasteiger partial charge in [-0.05, 0) is 18.4 Å². The molecule has 1 heterocycles. The van der Waals surface area contributed by atoms with E-state index < -0.39 is 6.10 Å². The normalized spacial score (nSPS) is 20.9. The third kappa shape index (κ3) is 3.64. The molecule has 21 heavy (non-hydrogen) atoms. The molecule has 0 bridgehead atoms. The van der Waals surface area contributed by atoms with E-state index in [1.807, 2.05) is 6.07 Å². The first-order valence-electron chi connectivity index (χ1n) is 8.01. The Labute approximate surface area is 131 Å². The van der Waals surface area contributed by atoms with E-state index in [2.05, 4.69) is 0 Å². The van der Waals surface area contributed by atoms with E-state index in [1.165, 1.54) is 32.1 Å². The maximum absolute atomic E-state index is 10.5. The minimum Gasteiger partial charge on any atom is -0.490 e. The Balaban J connectivity index is 1.75. The van der Waals surface area contributed by atoms with Gasteiger partial charge in [0.05, 0.1) is 24.3 Å². The molecule has 0 radical (unpaired) electrons. The Kier molecular flexibility index (Phi) is 4.91. The van der Waals surface area contributed by atoms with Crippen LogP contribution < -0.4 is 9.47 Å². The van der Waals surface area contributed by atoms with Crippen molar-refractivity contribution >= 4 is 11.6 Å². The number of benzene rings is 1. The highest BCUT2D eigenvalue weighted by Gasteiger charge is 2.22. The van der Waals surface area contributed by atoms with Crippen LogP contribution in [0.2, 0.25) is 5.02 Å². The predicted molar refractivity (Wildman–Crippen MR) is 83.2 cm³/mol. The zero-order valence-corrected chi connectivity index (χ0v) is 13.1. The molecule has 1 aliphatic carbocycles. The number of halogens is 1. The zero-order chi connectivity index (χ0) is 14.7. The molecule has 1 aromatic rings. The minimum atomic E-state index is -0.516. The molecule has 116 valence electrons. The second kappa shape index (κ2) is 6.89. The van der Waals surface area contributed by atoms with Crippen molar-refractivity contribution < 1.29 is 14.6 Å². The highest BCUT2D eigenvalue weighted by atomic mass is 35.5. The summed E-state index contributed by atoms with van der Waals surface area (Å²) in [6, 6.07) is 3.64. The number of aliphatic hydroxyl groups is 1. The average molecular weight is 311 g/mol. The summed E-state index contributed by atoms with van der Waals surface area (Å²) in [7, 11) is 0. The van der Waals surface area contributed by atoms with Crippen LogP contribution in [-0.2, 0) is 0 Å². The molecule has 2 aliphatic rings. The van der Waals surface area contributed by atoms with Crippen LogP contribution in [0, 0.1) is 5.92 Å². The first-order valence-corrected chi connectivity index (χ1v) is 8.39. The molecule has 0 spiro atoms. The van der Waals surface area contributed by atoms with Crippen LogP contribution in [-0.4, -0.2) is 18.3 Å². The molecule has 0 amide bonds. The third-order valence-corrected chi connectivity index (χ3v) is 4.83. The SMILES string of the molecule is OC(CC1CCCCC1)c1cc2c(cc1Cl)OCCCO2. The molecule has 1 aliphatic heterocycles. The van der Waals surface area contributed by atoms with Crippen LogP contribution >= 0.6 is 11.6 Å². The number of hydrogen-bond acceptors (Lipinski definition) is 3. The number of rotatable bonds is 3. The van der Waals surface area contributed by atoms with E-state index in [0.29, 0.717) is 35.7 Å². The van der Waals surface area contributed by atoms with Crippen molar-refractivity contribution in [3.05, 3.63) is 22.7 Å². The fourth-order valence-corrected chi connectivity index (χ4v) is 3.60. The van der Waals surface area contributed by atoms with E-state index in [0.717, 1.165) is 18.4 Å². The van der Waals surface area contributed by atoms with Crippen molar-refractivity contribution in [3.8, 4) is 11.5 Å². The fraction of sp³-hybridized carbons (Fsp3) is 0.647. The van der Waals surface area contributed by atoms with Gasteiger partial charge in [0.15, 0.2) is 11.5 Å². The smallest absolute Gasteiger partial charge is 0.162 e. The second-order valence-corrected chi connectivity index (χ2v) is 6.53. The van der Waals surface area contributed by atoms with Crippen molar-refractivity contribution in [2.24, 2.45) is 5.92 Å². The van der Waals surface area contributed by atoms with Gasteiger partial charge in [-0.15, -0.1) is 0 Å². The predicted octanol–water partition coefficient (Wildman–Crippen LogP) is 4.51. The van der Waals surface area contributed by atoms with Gasteiger partial charge in [0.25, 0.3) is 0 Å². The monoisotopic (exact) mass is 310 g/mol. The summed E-state index contributed by atoms with van der Waals surface area (Å²) in [5, 5.41) is 11.1. The molecule has 3 nitrogen and oxygen atoms in total. The molecule has 0 saturated heterocycles. The van der Waals surface area contributed by atoms with E-state index in [-0.39, 0.29) is 0 Å². The van der Waals surface area contributed by atoms with Crippen LogP contribution in [0.15, 0.2) is 12.1 Å². The van der Waals surface area contributed by atoms with Gasteiger partial charge in [0, 0.05) is 18.1 Å².